The molecule has 0 amide bonds. The van der Waals surface area contributed by atoms with Gasteiger partial charge in [0.2, 0.25) is 0 Å². The van der Waals surface area contributed by atoms with Gasteiger partial charge < -0.3 is 26.6 Å². The zero-order chi connectivity index (χ0) is 31.0. The second kappa shape index (κ2) is 18.3. The average Bonchev–Trinajstić information content (AvgIpc) is 3.08. The van der Waals surface area contributed by atoms with Gasteiger partial charge in [0.1, 0.15) is 0 Å². The van der Waals surface area contributed by atoms with Gasteiger partial charge in [-0.3, -0.25) is 0 Å². The summed E-state index contributed by atoms with van der Waals surface area (Å²) in [6, 6.07) is 38.2. The topological polar surface area (TPSA) is 55.4 Å². The number of rotatable bonds is 21. The van der Waals surface area contributed by atoms with Crippen LogP contribution in [0.4, 0.5) is 0 Å². The summed E-state index contributed by atoms with van der Waals surface area (Å²) in [5.41, 5.74) is 0. The number of hydrogen-bond donors (Lipinski definition) is 0. The highest BCUT2D eigenvalue weighted by molar-refractivity contribution is 6.82. The summed E-state index contributed by atoms with van der Waals surface area (Å²) >= 11 is 0. The molecule has 0 radical (unpaired) electrons. The van der Waals surface area contributed by atoms with Crippen LogP contribution in [0.3, 0.4) is 0 Å². The van der Waals surface area contributed by atoms with Crippen LogP contribution in [0.2, 0.25) is 36.3 Å². The lowest BCUT2D eigenvalue weighted by atomic mass is 10.4. The molecule has 0 aliphatic heterocycles. The summed E-state index contributed by atoms with van der Waals surface area (Å²) in [5, 5.41) is 3.61. The molecule has 3 aromatic carbocycles. The summed E-state index contributed by atoms with van der Waals surface area (Å²) in [6.07, 6.45) is 3.35. The first-order valence-electron chi connectivity index (χ1n) is 15.4. The smallest absolute Gasteiger partial charge is 0.371 e. The molecule has 0 N–H and O–H groups in total. The minimum atomic E-state index is -2.46. The van der Waals surface area contributed by atoms with Crippen LogP contribution < -0.4 is 15.6 Å². The van der Waals surface area contributed by atoms with Crippen LogP contribution in [-0.4, -0.2) is 77.1 Å². The third kappa shape index (κ3) is 9.39. The third-order valence-corrected chi connectivity index (χ3v) is 23.3. The molecule has 43 heavy (non-hydrogen) atoms. The number of hydrogen-bond acceptors (Lipinski definition) is 6. The van der Waals surface area contributed by atoms with Crippen LogP contribution in [0, 0.1) is 0 Å². The molecular weight excluding hydrogens is 605 g/mol. The molecule has 0 aliphatic carbocycles. The van der Waals surface area contributed by atoms with E-state index in [0.29, 0.717) is 0 Å². The van der Waals surface area contributed by atoms with Crippen LogP contribution in [0.25, 0.3) is 0 Å². The lowest BCUT2D eigenvalue weighted by molar-refractivity contribution is 0.256. The first kappa shape index (κ1) is 35.8. The van der Waals surface area contributed by atoms with Gasteiger partial charge >= 0.3 is 25.7 Å². The van der Waals surface area contributed by atoms with Gasteiger partial charge in [-0.15, -0.1) is 0 Å². The average molecular weight is 657 g/mol. The molecular formula is C33H52O6Si4. The molecule has 10 heteroatoms. The summed E-state index contributed by atoms with van der Waals surface area (Å²) in [5.74, 6) is 0. The second-order valence-corrected chi connectivity index (χ2v) is 24.8. The molecule has 0 saturated carbocycles. The largest absolute Gasteiger partial charge is 0.394 e. The van der Waals surface area contributed by atoms with Crippen molar-refractivity contribution in [3.05, 3.63) is 91.0 Å². The molecule has 0 fully saturated rings. The van der Waals surface area contributed by atoms with Gasteiger partial charge in [0.05, 0.1) is 0 Å². The van der Waals surface area contributed by atoms with Gasteiger partial charge in [0.25, 0.3) is 0 Å². The fourth-order valence-corrected chi connectivity index (χ4v) is 18.9. The molecule has 0 heterocycles. The second-order valence-electron chi connectivity index (χ2n) is 11.1. The van der Waals surface area contributed by atoms with Crippen molar-refractivity contribution < 1.29 is 26.6 Å². The van der Waals surface area contributed by atoms with Gasteiger partial charge in [-0.2, -0.15) is 0 Å². The first-order valence-corrected chi connectivity index (χ1v) is 24.0. The molecule has 0 spiro atoms. The maximum absolute atomic E-state index is 6.14. The van der Waals surface area contributed by atoms with Crippen molar-refractivity contribution in [3.8, 4) is 0 Å². The van der Waals surface area contributed by atoms with Crippen LogP contribution in [0.5, 0.6) is 0 Å². The van der Waals surface area contributed by atoms with Gasteiger partial charge in [0.15, 0.2) is 0 Å². The van der Waals surface area contributed by atoms with Gasteiger partial charge in [-0.05, 0) is 33.7 Å². The Morgan fingerprint density at radius 1 is 0.395 bits per heavy atom. The van der Waals surface area contributed by atoms with Crippen molar-refractivity contribution in [2.45, 2.75) is 55.5 Å². The van der Waals surface area contributed by atoms with E-state index >= 15 is 0 Å². The molecule has 0 unspecified atom stereocenters. The van der Waals surface area contributed by atoms with Crippen LogP contribution in [0.1, 0.15) is 19.3 Å². The Morgan fingerprint density at radius 3 is 0.837 bits per heavy atom. The van der Waals surface area contributed by atoms with Gasteiger partial charge in [-0.1, -0.05) is 128 Å². The quantitative estimate of drug-likeness (QED) is 0.145. The van der Waals surface area contributed by atoms with E-state index in [1.165, 1.54) is 33.7 Å². The molecule has 6 nitrogen and oxygen atoms in total. The molecule has 3 aromatic rings. The van der Waals surface area contributed by atoms with Crippen LogP contribution in [0.15, 0.2) is 91.0 Å². The molecule has 0 atom stereocenters. The maximum atomic E-state index is 6.14. The lowest BCUT2D eigenvalue weighted by Gasteiger charge is -2.30. The Labute approximate surface area is 265 Å². The first-order chi connectivity index (χ1) is 21.0. The predicted molar refractivity (Wildman–Crippen MR) is 187 cm³/mol. The Hall–Kier alpha value is -1.71. The van der Waals surface area contributed by atoms with Crippen molar-refractivity contribution >= 4 is 50.0 Å². The van der Waals surface area contributed by atoms with Crippen molar-refractivity contribution in [1.29, 1.82) is 0 Å². The summed E-state index contributed by atoms with van der Waals surface area (Å²) in [4.78, 5) is 0. The highest BCUT2D eigenvalue weighted by Gasteiger charge is 2.40. The SMILES string of the molecule is CO[Si](CCC[SiH](CCC[Si](OC)(OC)c1ccccc1)CCC[Si](OC)(OC)c1ccccc1)(OC)c1ccccc1. The maximum Gasteiger partial charge on any atom is 0.371 e. The summed E-state index contributed by atoms with van der Waals surface area (Å²) < 4.78 is 36.8. The van der Waals surface area contributed by atoms with E-state index < -0.39 is 34.5 Å². The van der Waals surface area contributed by atoms with Crippen molar-refractivity contribution in [3.63, 3.8) is 0 Å². The minimum Gasteiger partial charge on any atom is -0.394 e. The van der Waals surface area contributed by atoms with Gasteiger partial charge in [0, 0.05) is 51.5 Å². The molecule has 0 aromatic heterocycles. The van der Waals surface area contributed by atoms with E-state index in [1.54, 1.807) is 0 Å². The summed E-state index contributed by atoms with van der Waals surface area (Å²) in [7, 11) is 2.35. The Kier molecular flexibility index (Phi) is 15.2. The van der Waals surface area contributed by atoms with Crippen molar-refractivity contribution in [2.24, 2.45) is 0 Å². The summed E-state index contributed by atoms with van der Waals surface area (Å²) in [6.45, 7) is 0. The zero-order valence-electron chi connectivity index (χ0n) is 27.1. The zero-order valence-corrected chi connectivity index (χ0v) is 31.2. The van der Waals surface area contributed by atoms with E-state index in [-0.39, 0.29) is 0 Å². The lowest BCUT2D eigenvalue weighted by Crippen LogP contribution is -2.52. The molecule has 0 aliphatic rings. The van der Waals surface area contributed by atoms with E-state index in [9.17, 15) is 0 Å². The highest BCUT2D eigenvalue weighted by atomic mass is 28.4. The van der Waals surface area contributed by atoms with E-state index in [0.717, 1.165) is 37.4 Å². The highest BCUT2D eigenvalue weighted by Crippen LogP contribution is 2.26. The van der Waals surface area contributed by atoms with Gasteiger partial charge in [-0.25, -0.2) is 0 Å². The third-order valence-electron chi connectivity index (χ3n) is 8.97. The fourth-order valence-electron chi connectivity index (χ4n) is 6.38. The van der Waals surface area contributed by atoms with E-state index in [1.807, 2.05) is 42.7 Å². The molecule has 0 bridgehead atoms. The minimum absolute atomic E-state index is 0.963. The van der Waals surface area contributed by atoms with Crippen molar-refractivity contribution in [1.82, 2.24) is 0 Å². The molecule has 236 valence electrons. The standard InChI is InChI=1S/C33H52O6Si4/c1-34-41(35-2,31-19-10-7-11-20-31)28-16-25-40(26-17-29-42(36-3,37-4)32-21-12-8-13-22-32)27-18-30-43(38-5,39-6)33-23-14-9-15-24-33/h7-15,19-24,40H,16-18,25-30H2,1-6H3. The Balaban J connectivity index is 1.71. The predicted octanol–water partition coefficient (Wildman–Crippen LogP) is 5.31. The molecule has 3 rings (SSSR count). The van der Waals surface area contributed by atoms with Crippen molar-refractivity contribution in [2.75, 3.05) is 42.7 Å². The number of benzene rings is 3. The van der Waals surface area contributed by atoms with E-state index in [4.69, 9.17) is 26.6 Å². The Bertz CT molecular complexity index is 998. The molecule has 0 saturated heterocycles. The fraction of sp³-hybridized carbons (Fsp3) is 0.455. The monoisotopic (exact) mass is 656 g/mol. The normalized spacial score (nSPS) is 12.6. The van der Waals surface area contributed by atoms with Crippen LogP contribution in [-0.2, 0) is 26.6 Å². The Morgan fingerprint density at radius 2 is 0.628 bits per heavy atom. The van der Waals surface area contributed by atoms with E-state index in [2.05, 4.69) is 91.0 Å². The van der Waals surface area contributed by atoms with Crippen LogP contribution >= 0.6 is 0 Å².